The summed E-state index contributed by atoms with van der Waals surface area (Å²) in [6.45, 7) is 0.206. The van der Waals surface area contributed by atoms with Gasteiger partial charge in [0.05, 0.1) is 6.54 Å². The molecule has 2 rings (SSSR count). The Hall–Kier alpha value is -2.05. The van der Waals surface area contributed by atoms with Gasteiger partial charge in [0.25, 0.3) is 0 Å². The average Bonchev–Trinajstić information content (AvgIpc) is 2.82. The van der Waals surface area contributed by atoms with E-state index in [9.17, 15) is 14.7 Å². The molecule has 7 nitrogen and oxygen atoms in total. The van der Waals surface area contributed by atoms with Crippen molar-refractivity contribution in [1.82, 2.24) is 15.8 Å². The van der Waals surface area contributed by atoms with Crippen LogP contribution in [0, 0.1) is 0 Å². The lowest BCUT2D eigenvalue weighted by molar-refractivity contribution is -0.145. The third-order valence-corrected chi connectivity index (χ3v) is 3.64. The fraction of sp³-hybridized carbons (Fsp3) is 0.615. The van der Waals surface area contributed by atoms with Gasteiger partial charge in [-0.15, -0.1) is 0 Å². The van der Waals surface area contributed by atoms with Crippen molar-refractivity contribution in [3.05, 3.63) is 18.0 Å². The van der Waals surface area contributed by atoms with Crippen LogP contribution in [0.15, 0.2) is 16.9 Å². The van der Waals surface area contributed by atoms with Crippen LogP contribution in [0.3, 0.4) is 0 Å². The third kappa shape index (κ3) is 3.49. The highest BCUT2D eigenvalue weighted by Crippen LogP contribution is 2.27. The minimum atomic E-state index is -1.15. The number of carbonyl (C=O) groups excluding carboxylic acids is 1. The molecule has 1 aromatic heterocycles. The van der Waals surface area contributed by atoms with Crippen LogP contribution in [0.5, 0.6) is 0 Å². The number of aliphatic carboxylic acids is 1. The molecule has 0 saturated heterocycles. The first-order valence-electron chi connectivity index (χ1n) is 6.81. The molecule has 0 unspecified atom stereocenters. The highest BCUT2D eigenvalue weighted by Gasteiger charge is 2.40. The first kappa shape index (κ1) is 14.4. The molecule has 1 heterocycles. The molecule has 20 heavy (non-hydrogen) atoms. The predicted molar refractivity (Wildman–Crippen MR) is 69.9 cm³/mol. The Labute approximate surface area is 116 Å². The third-order valence-electron chi connectivity index (χ3n) is 3.64. The van der Waals surface area contributed by atoms with E-state index in [1.165, 1.54) is 6.26 Å². The number of rotatable bonds is 4. The second-order valence-electron chi connectivity index (χ2n) is 5.10. The fourth-order valence-electron chi connectivity index (χ4n) is 2.49. The molecule has 110 valence electrons. The van der Waals surface area contributed by atoms with E-state index < -0.39 is 17.5 Å². The maximum Gasteiger partial charge on any atom is 0.329 e. The Morgan fingerprint density at radius 1 is 1.30 bits per heavy atom. The summed E-state index contributed by atoms with van der Waals surface area (Å²) in [6, 6.07) is 1.15. The lowest BCUT2D eigenvalue weighted by Crippen LogP contribution is -2.56. The minimum absolute atomic E-state index is 0.206. The van der Waals surface area contributed by atoms with Gasteiger partial charge >= 0.3 is 12.0 Å². The molecule has 7 heteroatoms. The van der Waals surface area contributed by atoms with E-state index in [4.69, 9.17) is 0 Å². The van der Waals surface area contributed by atoms with Gasteiger partial charge < -0.3 is 20.3 Å². The van der Waals surface area contributed by atoms with Crippen LogP contribution in [0.25, 0.3) is 0 Å². The Morgan fingerprint density at radius 2 is 2.00 bits per heavy atom. The van der Waals surface area contributed by atoms with E-state index in [-0.39, 0.29) is 6.54 Å². The summed E-state index contributed by atoms with van der Waals surface area (Å²) in [5.41, 5.74) is -0.560. The molecule has 0 aromatic carbocycles. The quantitative estimate of drug-likeness (QED) is 0.728. The Morgan fingerprint density at radius 3 is 2.55 bits per heavy atom. The normalized spacial score (nSPS) is 18.0. The van der Waals surface area contributed by atoms with Crippen LogP contribution >= 0.6 is 0 Å². The summed E-state index contributed by atoms with van der Waals surface area (Å²) < 4.78 is 4.66. The van der Waals surface area contributed by atoms with E-state index in [0.29, 0.717) is 18.5 Å². The minimum Gasteiger partial charge on any atom is -0.480 e. The first-order chi connectivity index (χ1) is 9.62. The van der Waals surface area contributed by atoms with Crippen LogP contribution in [-0.4, -0.2) is 27.8 Å². The van der Waals surface area contributed by atoms with Gasteiger partial charge in [0.15, 0.2) is 0 Å². The molecule has 1 saturated carbocycles. The number of hydrogen-bond donors (Lipinski definition) is 3. The molecule has 3 N–H and O–H groups in total. The summed E-state index contributed by atoms with van der Waals surface area (Å²) in [5, 5.41) is 18.3. The standard InChI is InChI=1S/C13H19N3O4/c17-11(18)13(6-3-1-2-4-7-13)15-12(19)14-9-10-5-8-20-16-10/h5,8H,1-4,6-7,9H2,(H,17,18)(H2,14,15,19). The number of carbonyl (C=O) groups is 2. The maximum absolute atomic E-state index is 11.9. The van der Waals surface area contributed by atoms with E-state index >= 15 is 0 Å². The number of urea groups is 1. The van der Waals surface area contributed by atoms with Gasteiger partial charge in [-0.05, 0) is 12.8 Å². The zero-order valence-electron chi connectivity index (χ0n) is 11.2. The van der Waals surface area contributed by atoms with E-state index in [1.807, 2.05) is 0 Å². The zero-order chi connectivity index (χ0) is 14.4. The molecule has 1 fully saturated rings. The molecule has 0 atom stereocenters. The number of nitrogens with one attached hydrogen (secondary N) is 2. The number of carboxylic acid groups (broad SMARTS) is 1. The molecule has 1 aliphatic rings. The molecule has 1 aliphatic carbocycles. The molecule has 0 aliphatic heterocycles. The maximum atomic E-state index is 11.9. The van der Waals surface area contributed by atoms with Crippen LogP contribution in [-0.2, 0) is 11.3 Å². The van der Waals surface area contributed by atoms with Gasteiger partial charge in [-0.2, -0.15) is 0 Å². The van der Waals surface area contributed by atoms with Crippen molar-refractivity contribution in [3.63, 3.8) is 0 Å². The smallest absolute Gasteiger partial charge is 0.329 e. The van der Waals surface area contributed by atoms with E-state index in [1.54, 1.807) is 6.07 Å². The summed E-state index contributed by atoms with van der Waals surface area (Å²) in [5.74, 6) is -0.962. The summed E-state index contributed by atoms with van der Waals surface area (Å²) in [7, 11) is 0. The second kappa shape index (κ2) is 6.40. The second-order valence-corrected chi connectivity index (χ2v) is 5.10. The van der Waals surface area contributed by atoms with E-state index in [0.717, 1.165) is 25.7 Å². The van der Waals surface area contributed by atoms with Crippen molar-refractivity contribution in [3.8, 4) is 0 Å². The highest BCUT2D eigenvalue weighted by molar-refractivity contribution is 5.86. The van der Waals surface area contributed by atoms with Gasteiger partial charge in [-0.3, -0.25) is 0 Å². The SMILES string of the molecule is O=C(NCc1ccon1)NC1(C(=O)O)CCCCCC1. The lowest BCUT2D eigenvalue weighted by atomic mass is 9.90. The predicted octanol–water partition coefficient (Wildman–Crippen LogP) is 1.65. The largest absolute Gasteiger partial charge is 0.480 e. The number of carboxylic acids is 1. The number of amides is 2. The molecule has 0 bridgehead atoms. The average molecular weight is 281 g/mol. The first-order valence-corrected chi connectivity index (χ1v) is 6.81. The Bertz CT molecular complexity index is 450. The van der Waals surface area contributed by atoms with Crippen molar-refractivity contribution < 1.29 is 19.2 Å². The van der Waals surface area contributed by atoms with Crippen LogP contribution in [0.2, 0.25) is 0 Å². The zero-order valence-corrected chi connectivity index (χ0v) is 11.2. The van der Waals surface area contributed by atoms with Gasteiger partial charge in [0.2, 0.25) is 0 Å². The van der Waals surface area contributed by atoms with E-state index in [2.05, 4.69) is 20.3 Å². The van der Waals surface area contributed by atoms with Crippen molar-refractivity contribution in [1.29, 1.82) is 0 Å². The fourth-order valence-corrected chi connectivity index (χ4v) is 2.49. The molecular formula is C13H19N3O4. The Kier molecular flexibility index (Phi) is 4.60. The number of hydrogen-bond acceptors (Lipinski definition) is 4. The molecular weight excluding hydrogens is 262 g/mol. The summed E-state index contributed by atoms with van der Waals surface area (Å²) in [6.07, 6.45) is 6.01. The monoisotopic (exact) mass is 281 g/mol. The van der Waals surface area contributed by atoms with Gasteiger partial charge in [0.1, 0.15) is 17.5 Å². The van der Waals surface area contributed by atoms with Crippen molar-refractivity contribution in [2.24, 2.45) is 0 Å². The van der Waals surface area contributed by atoms with Crippen molar-refractivity contribution >= 4 is 12.0 Å². The number of nitrogens with zero attached hydrogens (tertiary/aromatic N) is 1. The Balaban J connectivity index is 1.93. The van der Waals surface area contributed by atoms with Gasteiger partial charge in [0, 0.05) is 6.07 Å². The number of aromatic nitrogens is 1. The molecule has 1 aromatic rings. The van der Waals surface area contributed by atoms with Gasteiger partial charge in [-0.25, -0.2) is 9.59 Å². The highest BCUT2D eigenvalue weighted by atomic mass is 16.5. The molecule has 2 amide bonds. The van der Waals surface area contributed by atoms with Crippen LogP contribution in [0.1, 0.15) is 44.2 Å². The van der Waals surface area contributed by atoms with Crippen LogP contribution < -0.4 is 10.6 Å². The lowest BCUT2D eigenvalue weighted by Gasteiger charge is -2.29. The van der Waals surface area contributed by atoms with Crippen molar-refractivity contribution in [2.75, 3.05) is 0 Å². The molecule has 0 spiro atoms. The summed E-state index contributed by atoms with van der Waals surface area (Å²) >= 11 is 0. The van der Waals surface area contributed by atoms with Crippen molar-refractivity contribution in [2.45, 2.75) is 50.6 Å². The van der Waals surface area contributed by atoms with Crippen LogP contribution in [0.4, 0.5) is 4.79 Å². The van der Waals surface area contributed by atoms with Gasteiger partial charge in [-0.1, -0.05) is 30.8 Å². The topological polar surface area (TPSA) is 104 Å². The summed E-state index contributed by atoms with van der Waals surface area (Å²) in [4.78, 5) is 23.4. The molecule has 0 radical (unpaired) electrons.